The summed E-state index contributed by atoms with van der Waals surface area (Å²) >= 11 is 0. The first-order chi connectivity index (χ1) is 7.72. The van der Waals surface area contributed by atoms with Gasteiger partial charge in [0, 0.05) is 0 Å². The van der Waals surface area contributed by atoms with Crippen LogP contribution in [0.1, 0.15) is 13.3 Å². The number of anilines is 1. The first-order valence-electron chi connectivity index (χ1n) is 5.43. The molecule has 0 saturated heterocycles. The van der Waals surface area contributed by atoms with E-state index in [2.05, 4.69) is 5.32 Å². The number of aliphatic carboxylic acids is 1. The van der Waals surface area contributed by atoms with Crippen LogP contribution in [0.2, 0.25) is 0 Å². The van der Waals surface area contributed by atoms with Crippen LogP contribution in [0.3, 0.4) is 0 Å². The Labute approximate surface area is 94.2 Å². The molecule has 2 unspecified atom stereocenters. The third kappa shape index (κ3) is 1.96. The van der Waals surface area contributed by atoms with Crippen molar-refractivity contribution in [3.63, 3.8) is 0 Å². The molecule has 0 spiro atoms. The van der Waals surface area contributed by atoms with Gasteiger partial charge in [0.05, 0.1) is 17.6 Å². The second-order valence-corrected chi connectivity index (χ2v) is 3.91. The van der Waals surface area contributed by atoms with Crippen LogP contribution < -0.4 is 10.1 Å². The number of ether oxygens (including phenoxy) is 1. The Bertz CT molecular complexity index is 392. The Hall–Kier alpha value is -1.71. The summed E-state index contributed by atoms with van der Waals surface area (Å²) in [5, 5.41) is 12.3. The summed E-state index contributed by atoms with van der Waals surface area (Å²) in [6.45, 7) is 2.28. The first-order valence-corrected chi connectivity index (χ1v) is 5.43. The summed E-state index contributed by atoms with van der Waals surface area (Å²) < 4.78 is 5.54. The molecule has 0 fully saturated rings. The highest BCUT2D eigenvalue weighted by atomic mass is 16.5. The minimum atomic E-state index is -0.775. The van der Waals surface area contributed by atoms with Crippen LogP contribution in [-0.2, 0) is 4.79 Å². The molecule has 2 atom stereocenters. The van der Waals surface area contributed by atoms with Crippen LogP contribution in [0.5, 0.6) is 5.75 Å². The van der Waals surface area contributed by atoms with E-state index < -0.39 is 11.9 Å². The smallest absolute Gasteiger partial charge is 0.308 e. The van der Waals surface area contributed by atoms with Gasteiger partial charge in [0.15, 0.2) is 0 Å². The number of carbonyl (C=O) groups is 1. The van der Waals surface area contributed by atoms with Crippen LogP contribution in [0.4, 0.5) is 5.69 Å². The lowest BCUT2D eigenvalue weighted by Gasteiger charge is -2.30. The number of hydrogen-bond acceptors (Lipinski definition) is 3. The predicted octanol–water partition coefficient (Wildman–Crippen LogP) is 1.97. The maximum Gasteiger partial charge on any atom is 0.308 e. The van der Waals surface area contributed by atoms with Gasteiger partial charge < -0.3 is 15.2 Å². The standard InChI is InChI=1S/C12H15NO3/c1-2-8(12(14)15)10-7-16-11-6-4-3-5-9(11)13-10/h3-6,8,10,13H,2,7H2,1H3,(H,14,15). The quantitative estimate of drug-likeness (QED) is 0.819. The number of hydrogen-bond donors (Lipinski definition) is 2. The topological polar surface area (TPSA) is 58.6 Å². The molecule has 0 saturated carbocycles. The molecular weight excluding hydrogens is 206 g/mol. The van der Waals surface area contributed by atoms with Crippen molar-refractivity contribution in [2.45, 2.75) is 19.4 Å². The molecule has 0 bridgehead atoms. The molecule has 86 valence electrons. The summed E-state index contributed by atoms with van der Waals surface area (Å²) in [6.07, 6.45) is 0.596. The van der Waals surface area contributed by atoms with E-state index in [0.29, 0.717) is 13.0 Å². The largest absolute Gasteiger partial charge is 0.489 e. The second kappa shape index (κ2) is 4.43. The van der Waals surface area contributed by atoms with Crippen molar-refractivity contribution in [2.24, 2.45) is 5.92 Å². The van der Waals surface area contributed by atoms with Gasteiger partial charge in [-0.3, -0.25) is 4.79 Å². The third-order valence-corrected chi connectivity index (χ3v) is 2.89. The van der Waals surface area contributed by atoms with Crippen molar-refractivity contribution in [3.05, 3.63) is 24.3 Å². The monoisotopic (exact) mass is 221 g/mol. The molecule has 1 aliphatic heterocycles. The number of rotatable bonds is 3. The molecule has 1 aliphatic rings. The number of fused-ring (bicyclic) bond motifs is 1. The summed E-state index contributed by atoms with van der Waals surface area (Å²) in [5.41, 5.74) is 0.874. The molecule has 1 heterocycles. The fourth-order valence-electron chi connectivity index (χ4n) is 1.98. The maximum atomic E-state index is 11.0. The molecule has 0 amide bonds. The maximum absolute atomic E-state index is 11.0. The van der Waals surface area contributed by atoms with Gasteiger partial charge in [0.1, 0.15) is 12.4 Å². The number of benzene rings is 1. The van der Waals surface area contributed by atoms with E-state index in [4.69, 9.17) is 9.84 Å². The highest BCUT2D eigenvalue weighted by molar-refractivity contribution is 5.72. The number of para-hydroxylation sites is 2. The van der Waals surface area contributed by atoms with Gasteiger partial charge >= 0.3 is 5.97 Å². The molecular formula is C12H15NO3. The zero-order valence-electron chi connectivity index (χ0n) is 9.14. The summed E-state index contributed by atoms with van der Waals surface area (Å²) in [4.78, 5) is 11.0. The van der Waals surface area contributed by atoms with Crippen molar-refractivity contribution in [1.82, 2.24) is 0 Å². The van der Waals surface area contributed by atoms with Crippen molar-refractivity contribution < 1.29 is 14.6 Å². The van der Waals surface area contributed by atoms with Gasteiger partial charge in [0.2, 0.25) is 0 Å². The first kappa shape index (κ1) is 10.8. The van der Waals surface area contributed by atoms with E-state index in [-0.39, 0.29) is 6.04 Å². The van der Waals surface area contributed by atoms with Crippen molar-refractivity contribution in [3.8, 4) is 5.75 Å². The third-order valence-electron chi connectivity index (χ3n) is 2.89. The SMILES string of the molecule is CCC(C(=O)O)C1COc2ccccc2N1. The normalized spacial score (nSPS) is 20.2. The van der Waals surface area contributed by atoms with Crippen LogP contribution in [-0.4, -0.2) is 23.7 Å². The summed E-state index contributed by atoms with van der Waals surface area (Å²) in [5.74, 6) is -0.393. The van der Waals surface area contributed by atoms with Gasteiger partial charge in [0.25, 0.3) is 0 Å². The fraction of sp³-hybridized carbons (Fsp3) is 0.417. The van der Waals surface area contributed by atoms with Gasteiger partial charge in [-0.1, -0.05) is 19.1 Å². The number of carboxylic acid groups (broad SMARTS) is 1. The molecule has 2 rings (SSSR count). The molecule has 4 nitrogen and oxygen atoms in total. The highest BCUT2D eigenvalue weighted by Gasteiger charge is 2.30. The van der Waals surface area contributed by atoms with E-state index >= 15 is 0 Å². The molecule has 16 heavy (non-hydrogen) atoms. The molecule has 0 aromatic heterocycles. The molecule has 2 N–H and O–H groups in total. The van der Waals surface area contributed by atoms with Crippen molar-refractivity contribution >= 4 is 11.7 Å². The highest BCUT2D eigenvalue weighted by Crippen LogP contribution is 2.30. The summed E-state index contributed by atoms with van der Waals surface area (Å²) in [7, 11) is 0. The second-order valence-electron chi connectivity index (χ2n) is 3.91. The van der Waals surface area contributed by atoms with Crippen LogP contribution in [0, 0.1) is 5.92 Å². The number of nitrogens with one attached hydrogen (secondary N) is 1. The van der Waals surface area contributed by atoms with Crippen LogP contribution in [0.15, 0.2) is 24.3 Å². The lowest BCUT2D eigenvalue weighted by atomic mass is 9.96. The van der Waals surface area contributed by atoms with E-state index in [1.54, 1.807) is 0 Å². The molecule has 1 aromatic carbocycles. The zero-order valence-corrected chi connectivity index (χ0v) is 9.14. The van der Waals surface area contributed by atoms with Crippen LogP contribution >= 0.6 is 0 Å². The average Bonchev–Trinajstić information content (AvgIpc) is 2.29. The molecule has 1 aromatic rings. The van der Waals surface area contributed by atoms with Gasteiger partial charge in [-0.25, -0.2) is 0 Å². The Morgan fingerprint density at radius 2 is 2.38 bits per heavy atom. The van der Waals surface area contributed by atoms with Crippen LogP contribution in [0.25, 0.3) is 0 Å². The van der Waals surface area contributed by atoms with Gasteiger partial charge in [-0.05, 0) is 18.6 Å². The van der Waals surface area contributed by atoms with E-state index in [1.165, 1.54) is 0 Å². The van der Waals surface area contributed by atoms with E-state index in [1.807, 2.05) is 31.2 Å². The Kier molecular flexibility index (Phi) is 2.99. The minimum absolute atomic E-state index is 0.155. The Morgan fingerprint density at radius 1 is 1.62 bits per heavy atom. The van der Waals surface area contributed by atoms with Crippen molar-refractivity contribution in [1.29, 1.82) is 0 Å². The minimum Gasteiger partial charge on any atom is -0.489 e. The zero-order chi connectivity index (χ0) is 11.5. The Balaban J connectivity index is 2.15. The molecule has 0 aliphatic carbocycles. The number of carboxylic acids is 1. The molecule has 4 heteroatoms. The van der Waals surface area contributed by atoms with Crippen molar-refractivity contribution in [2.75, 3.05) is 11.9 Å². The van der Waals surface area contributed by atoms with Gasteiger partial charge in [-0.2, -0.15) is 0 Å². The molecule has 0 radical (unpaired) electrons. The fourth-order valence-corrected chi connectivity index (χ4v) is 1.98. The lowest BCUT2D eigenvalue weighted by molar-refractivity contribution is -0.142. The van der Waals surface area contributed by atoms with E-state index in [0.717, 1.165) is 11.4 Å². The van der Waals surface area contributed by atoms with Gasteiger partial charge in [-0.15, -0.1) is 0 Å². The lowest BCUT2D eigenvalue weighted by Crippen LogP contribution is -2.41. The average molecular weight is 221 g/mol. The Morgan fingerprint density at radius 3 is 3.06 bits per heavy atom. The summed E-state index contributed by atoms with van der Waals surface area (Å²) in [6, 6.07) is 7.42. The van der Waals surface area contributed by atoms with E-state index in [9.17, 15) is 4.79 Å². The predicted molar refractivity (Wildman–Crippen MR) is 60.8 cm³/mol.